The molecule has 0 aliphatic carbocycles. The molecule has 0 aliphatic heterocycles. The van der Waals surface area contributed by atoms with Crippen molar-refractivity contribution in [3.05, 3.63) is 0 Å². The van der Waals surface area contributed by atoms with Crippen LogP contribution < -0.4 is 21.3 Å². The van der Waals surface area contributed by atoms with E-state index in [2.05, 4.69) is 21.3 Å². The SMILES string of the molecule is CC(C)C(=O)OCOC(=O)NCCNCCNCCNC(=O)OCOC(=O)C(C)C. The molecule has 0 saturated carbocycles. The maximum atomic E-state index is 11.4. The molecule has 0 aromatic heterocycles. The van der Waals surface area contributed by atoms with Crippen LogP contribution in [0.3, 0.4) is 0 Å². The summed E-state index contributed by atoms with van der Waals surface area (Å²) in [6.07, 6.45) is -1.33. The van der Waals surface area contributed by atoms with Gasteiger partial charge in [-0.05, 0) is 0 Å². The highest BCUT2D eigenvalue weighted by Crippen LogP contribution is 1.96. The molecule has 2 amide bonds. The maximum absolute atomic E-state index is 11.4. The van der Waals surface area contributed by atoms with Gasteiger partial charge in [0.05, 0.1) is 11.8 Å². The van der Waals surface area contributed by atoms with Crippen molar-refractivity contribution in [1.29, 1.82) is 0 Å². The number of hydrogen-bond donors (Lipinski definition) is 4. The number of rotatable bonds is 15. The molecular formula is C18H34N4O8. The molecule has 0 aromatic rings. The molecule has 0 aromatic carbocycles. The first-order chi connectivity index (χ1) is 14.2. The van der Waals surface area contributed by atoms with E-state index < -0.39 is 37.7 Å². The van der Waals surface area contributed by atoms with Crippen LogP contribution in [0, 0.1) is 11.8 Å². The minimum atomic E-state index is -0.664. The Labute approximate surface area is 176 Å². The summed E-state index contributed by atoms with van der Waals surface area (Å²) in [7, 11) is 0. The molecule has 0 saturated heterocycles. The lowest BCUT2D eigenvalue weighted by atomic mass is 10.2. The van der Waals surface area contributed by atoms with Crippen LogP contribution in [0.4, 0.5) is 9.59 Å². The third-order valence-corrected chi connectivity index (χ3v) is 3.35. The molecule has 0 bridgehead atoms. The minimum absolute atomic E-state index is 0.278. The first-order valence-electron chi connectivity index (χ1n) is 9.80. The summed E-state index contributed by atoms with van der Waals surface area (Å²) in [4.78, 5) is 45.1. The van der Waals surface area contributed by atoms with E-state index >= 15 is 0 Å². The van der Waals surface area contributed by atoms with E-state index in [1.165, 1.54) is 0 Å². The predicted molar refractivity (Wildman–Crippen MR) is 106 cm³/mol. The number of carbonyl (C=O) groups excluding carboxylic acids is 4. The molecule has 0 unspecified atom stereocenters. The van der Waals surface area contributed by atoms with Crippen molar-refractivity contribution < 1.29 is 38.1 Å². The Morgan fingerprint density at radius 3 is 1.23 bits per heavy atom. The topological polar surface area (TPSA) is 153 Å². The molecule has 12 nitrogen and oxygen atoms in total. The smallest absolute Gasteiger partial charge is 0.410 e. The summed E-state index contributed by atoms with van der Waals surface area (Å²) in [5.74, 6) is -1.42. The van der Waals surface area contributed by atoms with E-state index in [0.29, 0.717) is 39.3 Å². The van der Waals surface area contributed by atoms with Crippen molar-refractivity contribution in [3.63, 3.8) is 0 Å². The van der Waals surface area contributed by atoms with Crippen molar-refractivity contribution in [1.82, 2.24) is 21.3 Å². The standard InChI is InChI=1S/C18H34N4O8/c1-13(2)15(23)27-11-29-17(25)21-9-7-19-5-6-20-8-10-22-18(26)30-12-28-16(24)14(3)4/h13-14,19-20H,5-12H2,1-4H3,(H,21,25)(H,22,26). The van der Waals surface area contributed by atoms with Gasteiger partial charge >= 0.3 is 24.1 Å². The molecule has 0 heterocycles. The molecule has 0 spiro atoms. The lowest BCUT2D eigenvalue weighted by Gasteiger charge is -2.10. The van der Waals surface area contributed by atoms with Gasteiger partial charge in [0, 0.05) is 39.3 Å². The zero-order chi connectivity index (χ0) is 22.8. The van der Waals surface area contributed by atoms with E-state index in [1.54, 1.807) is 27.7 Å². The van der Waals surface area contributed by atoms with Crippen LogP contribution >= 0.6 is 0 Å². The van der Waals surface area contributed by atoms with Gasteiger partial charge in [-0.3, -0.25) is 9.59 Å². The molecule has 0 atom stereocenters. The third-order valence-electron chi connectivity index (χ3n) is 3.35. The molecule has 4 N–H and O–H groups in total. The van der Waals surface area contributed by atoms with Crippen molar-refractivity contribution in [2.45, 2.75) is 27.7 Å². The van der Waals surface area contributed by atoms with Crippen LogP contribution in [0.1, 0.15) is 27.7 Å². The largest absolute Gasteiger partial charge is 0.428 e. The molecule has 174 valence electrons. The fourth-order valence-corrected chi connectivity index (χ4v) is 1.65. The number of esters is 2. The normalized spacial score (nSPS) is 10.5. The maximum Gasteiger partial charge on any atom is 0.410 e. The average Bonchev–Trinajstić information content (AvgIpc) is 2.68. The predicted octanol–water partition coefficient (Wildman–Crippen LogP) is -0.0686. The molecule has 0 fully saturated rings. The second-order valence-corrected chi connectivity index (χ2v) is 6.69. The molecule has 0 rings (SSSR count). The van der Waals surface area contributed by atoms with E-state index in [1.807, 2.05) is 0 Å². The first kappa shape index (κ1) is 27.4. The van der Waals surface area contributed by atoms with Crippen LogP contribution in [0.25, 0.3) is 0 Å². The van der Waals surface area contributed by atoms with Gasteiger partial charge in [0.1, 0.15) is 0 Å². The van der Waals surface area contributed by atoms with E-state index in [4.69, 9.17) is 18.9 Å². The number of carbonyl (C=O) groups is 4. The van der Waals surface area contributed by atoms with E-state index in [9.17, 15) is 19.2 Å². The highest BCUT2D eigenvalue weighted by atomic mass is 16.7. The number of hydrogen-bond acceptors (Lipinski definition) is 10. The molecular weight excluding hydrogens is 400 g/mol. The van der Waals surface area contributed by atoms with E-state index in [-0.39, 0.29) is 11.8 Å². The zero-order valence-electron chi connectivity index (χ0n) is 18.1. The van der Waals surface area contributed by atoms with Crippen molar-refractivity contribution in [2.75, 3.05) is 52.9 Å². The summed E-state index contributed by atoms with van der Waals surface area (Å²) in [6.45, 7) is 8.98. The fourth-order valence-electron chi connectivity index (χ4n) is 1.65. The third kappa shape index (κ3) is 16.4. The van der Waals surface area contributed by atoms with Gasteiger partial charge in [0.2, 0.25) is 13.6 Å². The van der Waals surface area contributed by atoms with Crippen LogP contribution in [0.5, 0.6) is 0 Å². The second-order valence-electron chi connectivity index (χ2n) is 6.69. The Morgan fingerprint density at radius 1 is 0.567 bits per heavy atom. The average molecular weight is 434 g/mol. The summed E-state index contributed by atoms with van der Waals surface area (Å²) in [5.41, 5.74) is 0. The first-order valence-corrected chi connectivity index (χ1v) is 9.80. The number of alkyl carbamates (subject to hydrolysis) is 2. The minimum Gasteiger partial charge on any atom is -0.428 e. The Morgan fingerprint density at radius 2 is 0.900 bits per heavy atom. The van der Waals surface area contributed by atoms with E-state index in [0.717, 1.165) is 0 Å². The van der Waals surface area contributed by atoms with Crippen molar-refractivity contribution >= 4 is 24.1 Å². The van der Waals surface area contributed by atoms with Crippen LogP contribution in [-0.2, 0) is 28.5 Å². The highest BCUT2D eigenvalue weighted by Gasteiger charge is 2.10. The summed E-state index contributed by atoms with van der Waals surface area (Å²) < 4.78 is 18.8. The molecule has 0 aliphatic rings. The number of ether oxygens (including phenoxy) is 4. The van der Waals surface area contributed by atoms with Gasteiger partial charge in [-0.25, -0.2) is 9.59 Å². The Hall–Kier alpha value is -2.60. The van der Waals surface area contributed by atoms with Gasteiger partial charge in [-0.15, -0.1) is 0 Å². The fraction of sp³-hybridized carbons (Fsp3) is 0.778. The lowest BCUT2D eigenvalue weighted by molar-refractivity contribution is -0.156. The lowest BCUT2D eigenvalue weighted by Crippen LogP contribution is -2.37. The molecule has 0 radical (unpaired) electrons. The van der Waals surface area contributed by atoms with Crippen LogP contribution in [0.2, 0.25) is 0 Å². The number of nitrogens with one attached hydrogen (secondary N) is 4. The van der Waals surface area contributed by atoms with Gasteiger partial charge in [0.15, 0.2) is 0 Å². The second kappa shape index (κ2) is 17.3. The summed E-state index contributed by atoms with van der Waals surface area (Å²) in [6, 6.07) is 0. The number of amides is 2. The monoisotopic (exact) mass is 434 g/mol. The highest BCUT2D eigenvalue weighted by molar-refractivity contribution is 5.72. The Kier molecular flexibility index (Phi) is 15.8. The molecule has 30 heavy (non-hydrogen) atoms. The quantitative estimate of drug-likeness (QED) is 0.156. The van der Waals surface area contributed by atoms with Gasteiger partial charge in [-0.2, -0.15) is 0 Å². The summed E-state index contributed by atoms with van der Waals surface area (Å²) >= 11 is 0. The van der Waals surface area contributed by atoms with Gasteiger partial charge in [-0.1, -0.05) is 27.7 Å². The Bertz CT molecular complexity index is 482. The van der Waals surface area contributed by atoms with Crippen LogP contribution in [-0.4, -0.2) is 77.0 Å². The van der Waals surface area contributed by atoms with Gasteiger partial charge in [0.25, 0.3) is 0 Å². The van der Waals surface area contributed by atoms with Gasteiger partial charge < -0.3 is 40.2 Å². The zero-order valence-corrected chi connectivity index (χ0v) is 18.1. The van der Waals surface area contributed by atoms with Crippen molar-refractivity contribution in [2.24, 2.45) is 11.8 Å². The molecule has 12 heteroatoms. The van der Waals surface area contributed by atoms with Crippen LogP contribution in [0.15, 0.2) is 0 Å². The summed E-state index contributed by atoms with van der Waals surface area (Å²) in [5, 5.41) is 11.2. The van der Waals surface area contributed by atoms with Crippen molar-refractivity contribution in [3.8, 4) is 0 Å². The Balaban J connectivity index is 3.40.